The van der Waals surface area contributed by atoms with Crippen LogP contribution in [0.1, 0.15) is 53.5 Å². The third-order valence-electron chi connectivity index (χ3n) is 4.17. The van der Waals surface area contributed by atoms with Crippen LogP contribution in [-0.4, -0.2) is 15.6 Å². The molecule has 3 nitrogen and oxygen atoms in total. The topological polar surface area (TPSA) is 34.9 Å². The normalized spacial score (nSPS) is 16.6. The molecule has 0 amide bonds. The Hall–Kier alpha value is -1.90. The van der Waals surface area contributed by atoms with Gasteiger partial charge in [-0.05, 0) is 42.9 Å². The molecule has 1 atom stereocenters. The van der Waals surface area contributed by atoms with E-state index in [1.807, 2.05) is 17.7 Å². The van der Waals surface area contributed by atoms with Crippen LogP contribution in [0.15, 0.2) is 30.3 Å². The largest absolute Gasteiger partial charge is 0.292 e. The second-order valence-electron chi connectivity index (χ2n) is 5.42. The first-order valence-corrected chi connectivity index (χ1v) is 7.40. The fraction of sp³-hybridized carbons (Fsp3) is 0.412. The SMILES string of the molecule is CCc1cc(C(=O)CC2Cc3ccccc32)n(CC)n1. The second kappa shape index (κ2) is 5.23. The molecule has 3 heteroatoms. The van der Waals surface area contributed by atoms with E-state index in [0.29, 0.717) is 12.3 Å². The van der Waals surface area contributed by atoms with Crippen molar-refractivity contribution in [3.63, 3.8) is 0 Å². The molecule has 0 spiro atoms. The lowest BCUT2D eigenvalue weighted by molar-refractivity contribution is 0.0960. The maximum atomic E-state index is 12.5. The van der Waals surface area contributed by atoms with E-state index in [-0.39, 0.29) is 5.78 Å². The van der Waals surface area contributed by atoms with Crippen molar-refractivity contribution in [2.24, 2.45) is 0 Å². The van der Waals surface area contributed by atoms with Crippen LogP contribution in [0, 0.1) is 0 Å². The number of benzene rings is 1. The van der Waals surface area contributed by atoms with Gasteiger partial charge < -0.3 is 0 Å². The van der Waals surface area contributed by atoms with Gasteiger partial charge in [0.15, 0.2) is 5.78 Å². The van der Waals surface area contributed by atoms with E-state index in [1.165, 1.54) is 11.1 Å². The van der Waals surface area contributed by atoms with Crippen molar-refractivity contribution < 1.29 is 4.79 Å². The Kier molecular flexibility index (Phi) is 3.43. The number of fused-ring (bicyclic) bond motifs is 1. The molecule has 0 N–H and O–H groups in total. The molecule has 0 bridgehead atoms. The van der Waals surface area contributed by atoms with E-state index in [1.54, 1.807) is 0 Å². The summed E-state index contributed by atoms with van der Waals surface area (Å²) in [7, 11) is 0. The first-order valence-electron chi connectivity index (χ1n) is 7.40. The van der Waals surface area contributed by atoms with Crippen molar-refractivity contribution in [3.8, 4) is 0 Å². The summed E-state index contributed by atoms with van der Waals surface area (Å²) in [5.41, 5.74) is 4.51. The fourth-order valence-corrected chi connectivity index (χ4v) is 2.98. The summed E-state index contributed by atoms with van der Waals surface area (Å²) >= 11 is 0. The van der Waals surface area contributed by atoms with Crippen molar-refractivity contribution in [1.29, 1.82) is 0 Å². The Balaban J connectivity index is 1.76. The van der Waals surface area contributed by atoms with Crippen LogP contribution >= 0.6 is 0 Å². The third kappa shape index (κ3) is 2.17. The van der Waals surface area contributed by atoms with Gasteiger partial charge in [-0.25, -0.2) is 0 Å². The molecule has 104 valence electrons. The lowest BCUT2D eigenvalue weighted by Gasteiger charge is -2.29. The molecular weight excluding hydrogens is 248 g/mol. The van der Waals surface area contributed by atoms with Crippen LogP contribution in [0.4, 0.5) is 0 Å². The predicted octanol–water partition coefficient (Wildman–Crippen LogP) is 3.38. The molecule has 20 heavy (non-hydrogen) atoms. The van der Waals surface area contributed by atoms with Gasteiger partial charge in [0.05, 0.1) is 5.69 Å². The van der Waals surface area contributed by atoms with Crippen molar-refractivity contribution in [2.45, 2.75) is 45.6 Å². The summed E-state index contributed by atoms with van der Waals surface area (Å²) in [6.45, 7) is 4.85. The van der Waals surface area contributed by atoms with Crippen LogP contribution in [0.3, 0.4) is 0 Å². The molecule has 1 aromatic carbocycles. The number of aryl methyl sites for hydroxylation is 2. The maximum Gasteiger partial charge on any atom is 0.181 e. The number of hydrogen-bond donors (Lipinski definition) is 0. The molecule has 0 radical (unpaired) electrons. The molecule has 3 rings (SSSR count). The highest BCUT2D eigenvalue weighted by Crippen LogP contribution is 2.37. The smallest absolute Gasteiger partial charge is 0.181 e. The molecule has 0 aliphatic heterocycles. The number of carbonyl (C=O) groups is 1. The van der Waals surface area contributed by atoms with Crippen LogP contribution < -0.4 is 0 Å². The molecule has 1 aliphatic carbocycles. The van der Waals surface area contributed by atoms with Gasteiger partial charge in [0.1, 0.15) is 5.69 Å². The number of Topliss-reactive ketones (excluding diaryl/α,β-unsaturated/α-hetero) is 1. The first-order chi connectivity index (χ1) is 9.72. The molecular formula is C17H20N2O. The fourth-order valence-electron chi connectivity index (χ4n) is 2.98. The zero-order valence-corrected chi connectivity index (χ0v) is 12.1. The van der Waals surface area contributed by atoms with Crippen molar-refractivity contribution in [2.75, 3.05) is 0 Å². The van der Waals surface area contributed by atoms with Gasteiger partial charge >= 0.3 is 0 Å². The highest BCUT2D eigenvalue weighted by Gasteiger charge is 2.28. The standard InChI is InChI=1S/C17H20N2O/c1-3-14-11-16(19(4-2)18-14)17(20)10-13-9-12-7-5-6-8-15(12)13/h5-8,11,13H,3-4,9-10H2,1-2H3. The minimum atomic E-state index is 0.221. The number of aromatic nitrogens is 2. The number of nitrogens with zero attached hydrogens (tertiary/aromatic N) is 2. The average molecular weight is 268 g/mol. The van der Waals surface area contributed by atoms with Crippen molar-refractivity contribution >= 4 is 5.78 Å². The summed E-state index contributed by atoms with van der Waals surface area (Å²) in [5.74, 6) is 0.613. The van der Waals surface area contributed by atoms with Crippen molar-refractivity contribution in [3.05, 3.63) is 52.8 Å². The molecule has 0 saturated heterocycles. The molecule has 0 fully saturated rings. The monoisotopic (exact) mass is 268 g/mol. The van der Waals surface area contributed by atoms with Gasteiger partial charge in [0.2, 0.25) is 0 Å². The molecule has 1 unspecified atom stereocenters. The lowest BCUT2D eigenvalue weighted by Crippen LogP contribution is -2.21. The van der Waals surface area contributed by atoms with E-state index in [9.17, 15) is 4.79 Å². The van der Waals surface area contributed by atoms with Crippen LogP contribution in [0.25, 0.3) is 0 Å². The Morgan fingerprint density at radius 3 is 2.85 bits per heavy atom. The van der Waals surface area contributed by atoms with Crippen LogP contribution in [0.2, 0.25) is 0 Å². The Bertz CT molecular complexity index is 642. The minimum Gasteiger partial charge on any atom is -0.292 e. The Labute approximate surface area is 119 Å². The van der Waals surface area contributed by atoms with Gasteiger partial charge in [0.25, 0.3) is 0 Å². The van der Waals surface area contributed by atoms with Gasteiger partial charge in [0, 0.05) is 13.0 Å². The van der Waals surface area contributed by atoms with Gasteiger partial charge in [-0.2, -0.15) is 5.10 Å². The predicted molar refractivity (Wildman–Crippen MR) is 79.1 cm³/mol. The van der Waals surface area contributed by atoms with E-state index in [2.05, 4.69) is 36.3 Å². The number of ketones is 1. The highest BCUT2D eigenvalue weighted by atomic mass is 16.1. The molecule has 2 aromatic rings. The molecule has 1 heterocycles. The van der Waals surface area contributed by atoms with E-state index in [4.69, 9.17) is 0 Å². The Morgan fingerprint density at radius 1 is 1.35 bits per heavy atom. The minimum absolute atomic E-state index is 0.221. The molecule has 1 aromatic heterocycles. The van der Waals surface area contributed by atoms with Gasteiger partial charge in [-0.3, -0.25) is 9.48 Å². The summed E-state index contributed by atoms with van der Waals surface area (Å²) in [4.78, 5) is 12.5. The van der Waals surface area contributed by atoms with Crippen molar-refractivity contribution in [1.82, 2.24) is 9.78 Å². The quantitative estimate of drug-likeness (QED) is 0.779. The summed E-state index contributed by atoms with van der Waals surface area (Å²) in [5, 5.41) is 4.46. The number of hydrogen-bond acceptors (Lipinski definition) is 2. The van der Waals surface area contributed by atoms with Gasteiger partial charge in [-0.15, -0.1) is 0 Å². The Morgan fingerprint density at radius 2 is 2.15 bits per heavy atom. The number of carbonyl (C=O) groups excluding carboxylic acids is 1. The molecule has 0 saturated carbocycles. The van der Waals surface area contributed by atoms with Crippen LogP contribution in [0.5, 0.6) is 0 Å². The third-order valence-corrected chi connectivity index (χ3v) is 4.17. The average Bonchev–Trinajstić information content (AvgIpc) is 2.88. The van der Waals surface area contributed by atoms with E-state index in [0.717, 1.165) is 30.8 Å². The number of rotatable bonds is 5. The zero-order valence-electron chi connectivity index (χ0n) is 12.1. The van der Waals surface area contributed by atoms with Crippen LogP contribution in [-0.2, 0) is 19.4 Å². The second-order valence-corrected chi connectivity index (χ2v) is 5.42. The summed E-state index contributed by atoms with van der Waals surface area (Å²) < 4.78 is 1.84. The molecule has 1 aliphatic rings. The zero-order chi connectivity index (χ0) is 14.1. The van der Waals surface area contributed by atoms with Gasteiger partial charge in [-0.1, -0.05) is 31.2 Å². The summed E-state index contributed by atoms with van der Waals surface area (Å²) in [6, 6.07) is 10.4. The first kappa shape index (κ1) is 13.1. The van der Waals surface area contributed by atoms with E-state index < -0.39 is 0 Å². The van der Waals surface area contributed by atoms with E-state index >= 15 is 0 Å². The highest BCUT2D eigenvalue weighted by molar-refractivity contribution is 5.95. The summed E-state index contributed by atoms with van der Waals surface area (Å²) in [6.07, 6.45) is 2.51. The lowest BCUT2D eigenvalue weighted by atomic mass is 9.75. The maximum absolute atomic E-state index is 12.5.